The number of aromatic nitrogens is 2. The van der Waals surface area contributed by atoms with Crippen LogP contribution in [0.4, 0.5) is 0 Å². The zero-order chi connectivity index (χ0) is 13.0. The molecule has 1 saturated heterocycles. The summed E-state index contributed by atoms with van der Waals surface area (Å²) in [5.41, 5.74) is 0. The third-order valence-corrected chi connectivity index (χ3v) is 3.43. The fourth-order valence-corrected chi connectivity index (χ4v) is 2.52. The summed E-state index contributed by atoms with van der Waals surface area (Å²) < 4.78 is 5.21. The van der Waals surface area contributed by atoms with Gasteiger partial charge in [-0.1, -0.05) is 12.1 Å². The summed E-state index contributed by atoms with van der Waals surface area (Å²) in [4.78, 5) is 17.7. The zero-order valence-electron chi connectivity index (χ0n) is 11.2. The number of Topliss-reactive ketones (excluding diaryl/α,β-unsaturated/α-hetero) is 1. The van der Waals surface area contributed by atoms with E-state index in [-0.39, 0.29) is 12.2 Å². The van der Waals surface area contributed by atoms with Crippen molar-refractivity contribution in [1.29, 1.82) is 0 Å². The average molecular weight is 251 g/mol. The summed E-state index contributed by atoms with van der Waals surface area (Å²) in [7, 11) is 0. The van der Waals surface area contributed by atoms with E-state index in [1.54, 1.807) is 0 Å². The quantitative estimate of drug-likeness (QED) is 0.793. The summed E-state index contributed by atoms with van der Waals surface area (Å²) in [6, 6.07) is 0. The molecule has 1 atom stereocenters. The number of rotatable bonds is 5. The smallest absolute Gasteiger partial charge is 0.226 e. The number of hydrogen-bond donors (Lipinski definition) is 0. The van der Waals surface area contributed by atoms with Gasteiger partial charge in [-0.05, 0) is 38.8 Å². The van der Waals surface area contributed by atoms with Gasteiger partial charge in [0.2, 0.25) is 5.89 Å². The molecule has 2 heterocycles. The van der Waals surface area contributed by atoms with Crippen molar-refractivity contribution in [1.82, 2.24) is 15.0 Å². The van der Waals surface area contributed by atoms with Gasteiger partial charge in [0.15, 0.2) is 5.82 Å². The monoisotopic (exact) mass is 251 g/mol. The molecule has 1 aliphatic heterocycles. The predicted octanol–water partition coefficient (Wildman–Crippen LogP) is 1.48. The minimum Gasteiger partial charge on any atom is -0.339 e. The second kappa shape index (κ2) is 6.09. The highest BCUT2D eigenvalue weighted by Crippen LogP contribution is 2.19. The van der Waals surface area contributed by atoms with Crippen LogP contribution in [0.3, 0.4) is 0 Å². The van der Waals surface area contributed by atoms with Crippen LogP contribution in [-0.2, 0) is 17.6 Å². The molecule has 0 bridgehead atoms. The molecule has 5 heteroatoms. The highest BCUT2D eigenvalue weighted by atomic mass is 16.5. The molecule has 100 valence electrons. The molecule has 1 fully saturated rings. The molecule has 0 aromatic carbocycles. The molecule has 0 radical (unpaired) electrons. The molecule has 1 aromatic rings. The number of piperidine rings is 1. The number of nitrogens with zero attached hydrogens (tertiary/aromatic N) is 3. The van der Waals surface area contributed by atoms with E-state index in [2.05, 4.69) is 22.0 Å². The lowest BCUT2D eigenvalue weighted by atomic mass is 9.95. The molecular weight excluding hydrogens is 230 g/mol. The number of carbonyl (C=O) groups is 1. The van der Waals surface area contributed by atoms with E-state index in [9.17, 15) is 4.79 Å². The van der Waals surface area contributed by atoms with E-state index in [0.717, 1.165) is 19.5 Å². The van der Waals surface area contributed by atoms with Gasteiger partial charge in [-0.15, -0.1) is 0 Å². The van der Waals surface area contributed by atoms with Gasteiger partial charge >= 0.3 is 0 Å². The van der Waals surface area contributed by atoms with Crippen LogP contribution in [-0.4, -0.2) is 40.5 Å². The van der Waals surface area contributed by atoms with Crippen molar-refractivity contribution in [2.45, 2.75) is 39.5 Å². The van der Waals surface area contributed by atoms with Crippen molar-refractivity contribution in [2.75, 3.05) is 19.6 Å². The van der Waals surface area contributed by atoms with E-state index >= 15 is 0 Å². The first-order valence-corrected chi connectivity index (χ1v) is 6.70. The molecule has 0 N–H and O–H groups in total. The van der Waals surface area contributed by atoms with Gasteiger partial charge in [-0.3, -0.25) is 4.79 Å². The van der Waals surface area contributed by atoms with Gasteiger partial charge in [-0.2, -0.15) is 4.98 Å². The summed E-state index contributed by atoms with van der Waals surface area (Å²) in [5, 5.41) is 3.84. The molecule has 0 amide bonds. The average Bonchev–Trinajstić information content (AvgIpc) is 2.76. The standard InChI is InChI=1S/C13H21N3O2/c1-3-16-6-4-5-11(9-16)8-13-14-12(15-18-13)7-10(2)17/h11H,3-9H2,1-2H3. The predicted molar refractivity (Wildman–Crippen MR) is 67.2 cm³/mol. The van der Waals surface area contributed by atoms with Crippen LogP contribution in [0.25, 0.3) is 0 Å². The third kappa shape index (κ3) is 3.63. The lowest BCUT2D eigenvalue weighted by molar-refractivity contribution is -0.116. The minimum atomic E-state index is 0.0668. The first kappa shape index (κ1) is 13.2. The van der Waals surface area contributed by atoms with Crippen molar-refractivity contribution in [2.24, 2.45) is 5.92 Å². The minimum absolute atomic E-state index is 0.0668. The molecule has 0 spiro atoms. The first-order valence-electron chi connectivity index (χ1n) is 6.70. The number of likely N-dealkylation sites (tertiary alicyclic amines) is 1. The van der Waals surface area contributed by atoms with Gasteiger partial charge < -0.3 is 9.42 Å². The summed E-state index contributed by atoms with van der Waals surface area (Å²) >= 11 is 0. The normalized spacial score (nSPS) is 21.1. The molecule has 2 rings (SSSR count). The Kier molecular flexibility index (Phi) is 4.47. The fourth-order valence-electron chi connectivity index (χ4n) is 2.52. The van der Waals surface area contributed by atoms with E-state index in [4.69, 9.17) is 4.52 Å². The Morgan fingerprint density at radius 2 is 2.39 bits per heavy atom. The first-order chi connectivity index (χ1) is 8.67. The van der Waals surface area contributed by atoms with Crippen molar-refractivity contribution < 1.29 is 9.32 Å². The van der Waals surface area contributed by atoms with Crippen LogP contribution in [0.1, 0.15) is 38.4 Å². The largest absolute Gasteiger partial charge is 0.339 e. The lowest BCUT2D eigenvalue weighted by Crippen LogP contribution is -2.35. The van der Waals surface area contributed by atoms with E-state index < -0.39 is 0 Å². The van der Waals surface area contributed by atoms with Gasteiger partial charge in [0.05, 0.1) is 6.42 Å². The highest BCUT2D eigenvalue weighted by Gasteiger charge is 2.21. The highest BCUT2D eigenvalue weighted by molar-refractivity contribution is 5.77. The SMILES string of the molecule is CCN1CCCC(Cc2nc(CC(C)=O)no2)C1. The second-order valence-corrected chi connectivity index (χ2v) is 5.09. The maximum atomic E-state index is 11.0. The maximum Gasteiger partial charge on any atom is 0.226 e. The Morgan fingerprint density at radius 1 is 1.56 bits per heavy atom. The zero-order valence-corrected chi connectivity index (χ0v) is 11.2. The molecular formula is C13H21N3O2. The van der Waals surface area contributed by atoms with Crippen molar-refractivity contribution in [3.63, 3.8) is 0 Å². The Labute approximate surface area is 108 Å². The van der Waals surface area contributed by atoms with Crippen LogP contribution >= 0.6 is 0 Å². The summed E-state index contributed by atoms with van der Waals surface area (Å²) in [6.45, 7) is 7.15. The molecule has 18 heavy (non-hydrogen) atoms. The topological polar surface area (TPSA) is 59.2 Å². The Hall–Kier alpha value is -1.23. The van der Waals surface area contributed by atoms with Crippen LogP contribution < -0.4 is 0 Å². The van der Waals surface area contributed by atoms with Crippen LogP contribution in [0.15, 0.2) is 4.52 Å². The molecule has 0 aliphatic carbocycles. The molecule has 1 aromatic heterocycles. The fraction of sp³-hybridized carbons (Fsp3) is 0.769. The number of ketones is 1. The maximum absolute atomic E-state index is 11.0. The summed E-state index contributed by atoms with van der Waals surface area (Å²) in [5.74, 6) is 1.86. The molecule has 1 aliphatic rings. The number of carbonyl (C=O) groups excluding carboxylic acids is 1. The van der Waals surface area contributed by atoms with Gasteiger partial charge in [0, 0.05) is 13.0 Å². The number of hydrogen-bond acceptors (Lipinski definition) is 5. The molecule has 5 nitrogen and oxygen atoms in total. The van der Waals surface area contributed by atoms with Crippen molar-refractivity contribution in [3.05, 3.63) is 11.7 Å². The van der Waals surface area contributed by atoms with E-state index in [0.29, 0.717) is 17.6 Å². The van der Waals surface area contributed by atoms with Crippen molar-refractivity contribution in [3.8, 4) is 0 Å². The third-order valence-electron chi connectivity index (χ3n) is 3.43. The van der Waals surface area contributed by atoms with Gasteiger partial charge in [-0.25, -0.2) is 0 Å². The summed E-state index contributed by atoms with van der Waals surface area (Å²) in [6.07, 6.45) is 3.57. The lowest BCUT2D eigenvalue weighted by Gasteiger charge is -2.30. The second-order valence-electron chi connectivity index (χ2n) is 5.09. The Morgan fingerprint density at radius 3 is 3.11 bits per heavy atom. The van der Waals surface area contributed by atoms with Crippen molar-refractivity contribution >= 4 is 5.78 Å². The van der Waals surface area contributed by atoms with Crippen LogP contribution in [0.5, 0.6) is 0 Å². The van der Waals surface area contributed by atoms with E-state index in [1.165, 1.54) is 26.3 Å². The molecule has 0 saturated carbocycles. The van der Waals surface area contributed by atoms with Gasteiger partial charge in [0.1, 0.15) is 5.78 Å². The van der Waals surface area contributed by atoms with E-state index in [1.807, 2.05) is 0 Å². The Balaban J connectivity index is 1.88. The van der Waals surface area contributed by atoms with Gasteiger partial charge in [0.25, 0.3) is 0 Å². The Bertz CT molecular complexity index is 403. The molecule has 1 unspecified atom stereocenters. The van der Waals surface area contributed by atoms with Crippen LogP contribution in [0.2, 0.25) is 0 Å². The van der Waals surface area contributed by atoms with Crippen LogP contribution in [0, 0.1) is 5.92 Å².